The van der Waals surface area contributed by atoms with E-state index in [0.717, 1.165) is 0 Å². The van der Waals surface area contributed by atoms with Gasteiger partial charge in [-0.05, 0) is 42.5 Å². The van der Waals surface area contributed by atoms with Crippen LogP contribution in [0.25, 0.3) is 5.69 Å². The molecule has 27 heavy (non-hydrogen) atoms. The van der Waals surface area contributed by atoms with Crippen molar-refractivity contribution in [1.82, 2.24) is 15.1 Å². The number of carbonyl (C=O) groups is 2. The van der Waals surface area contributed by atoms with Crippen molar-refractivity contribution in [3.63, 3.8) is 0 Å². The molecular formula is C18H15ClFN5O2. The molecule has 7 nitrogen and oxygen atoms in total. The quantitative estimate of drug-likeness (QED) is 0.626. The number of amides is 3. The number of benzene rings is 2. The van der Waals surface area contributed by atoms with Crippen LogP contribution in [0.15, 0.2) is 60.9 Å². The van der Waals surface area contributed by atoms with Crippen LogP contribution in [-0.4, -0.2) is 28.3 Å². The minimum atomic E-state index is -0.577. The Morgan fingerprint density at radius 1 is 1.07 bits per heavy atom. The summed E-state index contributed by atoms with van der Waals surface area (Å²) in [6.07, 6.45) is 3.38. The van der Waals surface area contributed by atoms with Crippen LogP contribution in [0.3, 0.4) is 0 Å². The molecule has 0 atom stereocenters. The van der Waals surface area contributed by atoms with Crippen LogP contribution in [0.2, 0.25) is 5.02 Å². The molecule has 138 valence electrons. The Kier molecular flexibility index (Phi) is 5.68. The Morgan fingerprint density at radius 3 is 2.59 bits per heavy atom. The lowest BCUT2D eigenvalue weighted by molar-refractivity contribution is -0.115. The molecular weight excluding hydrogens is 373 g/mol. The summed E-state index contributed by atoms with van der Waals surface area (Å²) in [7, 11) is 0. The number of nitrogens with one attached hydrogen (secondary N) is 3. The summed E-state index contributed by atoms with van der Waals surface area (Å²) in [4.78, 5) is 23.7. The Labute approximate surface area is 159 Å². The predicted molar refractivity (Wildman–Crippen MR) is 101 cm³/mol. The van der Waals surface area contributed by atoms with Gasteiger partial charge in [0, 0.05) is 23.8 Å². The van der Waals surface area contributed by atoms with E-state index in [9.17, 15) is 14.0 Å². The fourth-order valence-corrected chi connectivity index (χ4v) is 2.56. The normalized spacial score (nSPS) is 10.3. The van der Waals surface area contributed by atoms with E-state index in [4.69, 9.17) is 11.6 Å². The van der Waals surface area contributed by atoms with E-state index >= 15 is 0 Å². The van der Waals surface area contributed by atoms with E-state index in [2.05, 4.69) is 21.0 Å². The van der Waals surface area contributed by atoms with Crippen LogP contribution in [0, 0.1) is 5.82 Å². The summed E-state index contributed by atoms with van der Waals surface area (Å²) in [6, 6.07) is 11.6. The first-order valence-electron chi connectivity index (χ1n) is 7.91. The molecule has 0 aliphatic rings. The van der Waals surface area contributed by atoms with Gasteiger partial charge in [-0.25, -0.2) is 13.9 Å². The van der Waals surface area contributed by atoms with Gasteiger partial charge in [0.2, 0.25) is 5.91 Å². The highest BCUT2D eigenvalue weighted by Gasteiger charge is 2.09. The minimum Gasteiger partial charge on any atom is -0.329 e. The van der Waals surface area contributed by atoms with Gasteiger partial charge in [0.25, 0.3) is 0 Å². The molecule has 0 saturated carbocycles. The zero-order chi connectivity index (χ0) is 19.2. The highest BCUT2D eigenvalue weighted by molar-refractivity contribution is 6.32. The van der Waals surface area contributed by atoms with Crippen molar-refractivity contribution < 1.29 is 14.0 Å². The van der Waals surface area contributed by atoms with Gasteiger partial charge in [-0.1, -0.05) is 17.7 Å². The number of anilines is 2. The molecule has 3 amide bonds. The molecule has 0 bridgehead atoms. The van der Waals surface area contributed by atoms with E-state index in [1.54, 1.807) is 47.4 Å². The molecule has 0 unspecified atom stereocenters. The summed E-state index contributed by atoms with van der Waals surface area (Å²) in [5, 5.41) is 12.0. The maximum absolute atomic E-state index is 13.1. The third-order valence-corrected chi connectivity index (χ3v) is 3.78. The van der Waals surface area contributed by atoms with Crippen molar-refractivity contribution in [3.05, 3.63) is 71.8 Å². The van der Waals surface area contributed by atoms with Crippen LogP contribution < -0.4 is 16.0 Å². The van der Waals surface area contributed by atoms with Gasteiger partial charge in [0.05, 0.1) is 17.3 Å². The van der Waals surface area contributed by atoms with Crippen molar-refractivity contribution in [3.8, 4) is 5.69 Å². The third kappa shape index (κ3) is 5.05. The Morgan fingerprint density at radius 2 is 1.89 bits per heavy atom. The zero-order valence-corrected chi connectivity index (χ0v) is 14.7. The number of aromatic nitrogens is 2. The summed E-state index contributed by atoms with van der Waals surface area (Å²) in [6.45, 7) is -0.276. The lowest BCUT2D eigenvalue weighted by Gasteiger charge is -2.10. The summed E-state index contributed by atoms with van der Waals surface area (Å²) in [5.41, 5.74) is 1.43. The highest BCUT2D eigenvalue weighted by Crippen LogP contribution is 2.23. The Bertz CT molecular complexity index is 962. The number of rotatable bonds is 5. The molecule has 0 aliphatic carbocycles. The first-order valence-corrected chi connectivity index (χ1v) is 8.29. The molecule has 3 aromatic rings. The molecule has 9 heteroatoms. The molecule has 0 radical (unpaired) electrons. The fourth-order valence-electron chi connectivity index (χ4n) is 2.29. The van der Waals surface area contributed by atoms with Gasteiger partial charge in [0.1, 0.15) is 5.82 Å². The maximum atomic E-state index is 13.1. The zero-order valence-electron chi connectivity index (χ0n) is 13.9. The number of hydrogen-bond donors (Lipinski definition) is 3. The summed E-state index contributed by atoms with van der Waals surface area (Å²) < 4.78 is 14.7. The molecule has 1 aromatic heterocycles. The molecule has 0 aliphatic heterocycles. The fraction of sp³-hybridized carbons (Fsp3) is 0.0556. The smallest absolute Gasteiger partial charge is 0.319 e. The molecule has 3 rings (SSSR count). The average molecular weight is 388 g/mol. The number of carbonyl (C=O) groups excluding carboxylic acids is 2. The number of nitrogens with zero attached hydrogens (tertiary/aromatic N) is 2. The van der Waals surface area contributed by atoms with E-state index in [1.807, 2.05) is 0 Å². The Balaban J connectivity index is 1.52. The van der Waals surface area contributed by atoms with Crippen molar-refractivity contribution in [2.24, 2.45) is 0 Å². The largest absolute Gasteiger partial charge is 0.329 e. The molecule has 0 saturated heterocycles. The third-order valence-electron chi connectivity index (χ3n) is 3.47. The van der Waals surface area contributed by atoms with E-state index in [0.29, 0.717) is 22.1 Å². The van der Waals surface area contributed by atoms with Gasteiger partial charge in [-0.2, -0.15) is 5.10 Å². The van der Waals surface area contributed by atoms with Crippen LogP contribution in [0.4, 0.5) is 20.6 Å². The first-order chi connectivity index (χ1) is 13.0. The minimum absolute atomic E-state index is 0.276. The second-order valence-corrected chi connectivity index (χ2v) is 5.89. The Hall–Kier alpha value is -3.39. The SMILES string of the molecule is O=C(CNC(=O)Nc1ccc(-n2cccn2)c(Cl)c1)Nc1cccc(F)c1. The second kappa shape index (κ2) is 8.33. The van der Waals surface area contributed by atoms with Crippen molar-refractivity contribution in [1.29, 1.82) is 0 Å². The molecule has 0 fully saturated rings. The molecule has 2 aromatic carbocycles. The maximum Gasteiger partial charge on any atom is 0.319 e. The summed E-state index contributed by atoms with van der Waals surface area (Å²) >= 11 is 6.21. The van der Waals surface area contributed by atoms with Gasteiger partial charge in [-0.15, -0.1) is 0 Å². The number of halogens is 2. The highest BCUT2D eigenvalue weighted by atomic mass is 35.5. The van der Waals surface area contributed by atoms with Crippen molar-refractivity contribution in [2.45, 2.75) is 0 Å². The van der Waals surface area contributed by atoms with Crippen LogP contribution in [0.1, 0.15) is 0 Å². The van der Waals surface area contributed by atoms with Gasteiger partial charge in [-0.3, -0.25) is 4.79 Å². The first kappa shape index (κ1) is 18.4. The predicted octanol–water partition coefficient (Wildman–Crippen LogP) is 3.43. The summed E-state index contributed by atoms with van der Waals surface area (Å²) in [5.74, 6) is -0.947. The molecule has 1 heterocycles. The van der Waals surface area contributed by atoms with Crippen LogP contribution in [-0.2, 0) is 4.79 Å². The van der Waals surface area contributed by atoms with Gasteiger partial charge >= 0.3 is 6.03 Å². The second-order valence-electron chi connectivity index (χ2n) is 5.48. The van der Waals surface area contributed by atoms with Crippen molar-refractivity contribution in [2.75, 3.05) is 17.2 Å². The molecule has 0 spiro atoms. The van der Waals surface area contributed by atoms with Gasteiger partial charge in [0.15, 0.2) is 0 Å². The average Bonchev–Trinajstić information content (AvgIpc) is 3.14. The number of hydrogen-bond acceptors (Lipinski definition) is 3. The van der Waals surface area contributed by atoms with E-state index in [1.165, 1.54) is 18.2 Å². The lowest BCUT2D eigenvalue weighted by Crippen LogP contribution is -2.35. The van der Waals surface area contributed by atoms with Crippen LogP contribution in [0.5, 0.6) is 0 Å². The monoisotopic (exact) mass is 387 g/mol. The molecule has 3 N–H and O–H groups in total. The van der Waals surface area contributed by atoms with E-state index < -0.39 is 17.8 Å². The number of urea groups is 1. The van der Waals surface area contributed by atoms with Crippen LogP contribution >= 0.6 is 11.6 Å². The lowest BCUT2D eigenvalue weighted by atomic mass is 10.3. The van der Waals surface area contributed by atoms with E-state index in [-0.39, 0.29) is 6.54 Å². The van der Waals surface area contributed by atoms with Gasteiger partial charge < -0.3 is 16.0 Å². The standard InChI is InChI=1S/C18H15ClFN5O2/c19-15-10-14(5-6-16(15)25-8-2-7-22-25)24-18(27)21-11-17(26)23-13-4-1-3-12(20)9-13/h1-10H,11H2,(H,23,26)(H2,21,24,27). The van der Waals surface area contributed by atoms with Crippen molar-refractivity contribution >= 4 is 34.9 Å². The topological polar surface area (TPSA) is 88.1 Å².